The van der Waals surface area contributed by atoms with Crippen LogP contribution in [0.5, 0.6) is 0 Å². The van der Waals surface area contributed by atoms with Crippen molar-refractivity contribution in [2.24, 2.45) is 0 Å². The van der Waals surface area contributed by atoms with Gasteiger partial charge in [-0.3, -0.25) is 9.89 Å². The van der Waals surface area contributed by atoms with Crippen molar-refractivity contribution in [3.8, 4) is 0 Å². The third-order valence-electron chi connectivity index (χ3n) is 4.30. The Hall–Kier alpha value is -2.42. The molecule has 0 radical (unpaired) electrons. The number of fused-ring (bicyclic) bond motifs is 1. The first-order valence-corrected chi connectivity index (χ1v) is 8.63. The topological polar surface area (TPSA) is 109 Å². The third-order valence-corrected chi connectivity index (χ3v) is 4.55. The second-order valence-corrected chi connectivity index (χ2v) is 6.52. The van der Waals surface area contributed by atoms with Crippen molar-refractivity contribution in [3.05, 3.63) is 63.5 Å². The zero-order valence-electron chi connectivity index (χ0n) is 14.5. The first-order valence-electron chi connectivity index (χ1n) is 8.25. The summed E-state index contributed by atoms with van der Waals surface area (Å²) in [6, 6.07) is 6.58. The highest BCUT2D eigenvalue weighted by atomic mass is 35.5. The Kier molecular flexibility index (Phi) is 5.79. The minimum atomic E-state index is -0.568. The number of carbonyl (C=O) groups excluding carboxylic acids is 1. The summed E-state index contributed by atoms with van der Waals surface area (Å²) >= 11 is 5.97. The van der Waals surface area contributed by atoms with E-state index in [1.54, 1.807) is 19.1 Å². The SMILES string of the molecule is Cc1nc(C(NC(=O)c2n[nH]c3c2CNCC3)c2ccc(Cl)cc2)no1.Cl. The molecule has 27 heavy (non-hydrogen) atoms. The summed E-state index contributed by atoms with van der Waals surface area (Å²) in [5.74, 6) is 0.504. The van der Waals surface area contributed by atoms with E-state index in [1.165, 1.54) is 0 Å². The van der Waals surface area contributed by atoms with Crippen molar-refractivity contribution >= 4 is 29.9 Å². The van der Waals surface area contributed by atoms with E-state index in [-0.39, 0.29) is 18.3 Å². The summed E-state index contributed by atoms with van der Waals surface area (Å²) in [6.45, 7) is 3.18. The van der Waals surface area contributed by atoms with Gasteiger partial charge in [0.2, 0.25) is 5.89 Å². The molecule has 10 heteroatoms. The molecule has 1 aromatic carbocycles. The maximum atomic E-state index is 12.9. The van der Waals surface area contributed by atoms with E-state index in [2.05, 4.69) is 31.0 Å². The van der Waals surface area contributed by atoms with Crippen molar-refractivity contribution < 1.29 is 9.32 Å². The molecule has 3 N–H and O–H groups in total. The van der Waals surface area contributed by atoms with Gasteiger partial charge in [0.15, 0.2) is 11.5 Å². The molecule has 0 saturated heterocycles. The summed E-state index contributed by atoms with van der Waals surface area (Å²) < 4.78 is 5.08. The van der Waals surface area contributed by atoms with E-state index in [4.69, 9.17) is 16.1 Å². The number of aryl methyl sites for hydroxylation is 1. The highest BCUT2D eigenvalue weighted by molar-refractivity contribution is 6.30. The number of rotatable bonds is 4. The highest BCUT2D eigenvalue weighted by Crippen LogP contribution is 2.23. The van der Waals surface area contributed by atoms with Crippen molar-refractivity contribution in [2.45, 2.75) is 25.9 Å². The summed E-state index contributed by atoms with van der Waals surface area (Å²) in [5, 5.41) is 17.9. The summed E-state index contributed by atoms with van der Waals surface area (Å²) in [5.41, 5.74) is 3.07. The molecule has 1 atom stereocenters. The summed E-state index contributed by atoms with van der Waals surface area (Å²) in [4.78, 5) is 17.1. The first kappa shape index (κ1) is 19.3. The molecule has 142 valence electrons. The van der Waals surface area contributed by atoms with Gasteiger partial charge in [-0.25, -0.2) is 0 Å². The molecule has 0 spiro atoms. The molecule has 3 aromatic rings. The smallest absolute Gasteiger partial charge is 0.272 e. The number of nitrogens with one attached hydrogen (secondary N) is 3. The van der Waals surface area contributed by atoms with Gasteiger partial charge >= 0.3 is 0 Å². The maximum absolute atomic E-state index is 12.9. The lowest BCUT2D eigenvalue weighted by atomic mass is 10.0. The number of hydrogen-bond acceptors (Lipinski definition) is 6. The van der Waals surface area contributed by atoms with Crippen molar-refractivity contribution in [1.82, 2.24) is 31.0 Å². The van der Waals surface area contributed by atoms with Crippen LogP contribution in [0.4, 0.5) is 0 Å². The van der Waals surface area contributed by atoms with Gasteiger partial charge in [-0.1, -0.05) is 28.9 Å². The van der Waals surface area contributed by atoms with Gasteiger partial charge in [-0.2, -0.15) is 10.1 Å². The molecular weight excluding hydrogens is 391 g/mol. The maximum Gasteiger partial charge on any atom is 0.272 e. The highest BCUT2D eigenvalue weighted by Gasteiger charge is 2.27. The molecule has 3 heterocycles. The summed E-state index contributed by atoms with van der Waals surface area (Å²) in [7, 11) is 0. The second-order valence-electron chi connectivity index (χ2n) is 6.09. The third kappa shape index (κ3) is 3.97. The number of H-pyrrole nitrogens is 1. The predicted octanol–water partition coefficient (Wildman–Crippen LogP) is 2.34. The second kappa shape index (κ2) is 8.08. The van der Waals surface area contributed by atoms with E-state index in [1.807, 2.05) is 12.1 Å². The van der Waals surface area contributed by atoms with E-state index < -0.39 is 6.04 Å². The molecule has 1 amide bonds. The standard InChI is InChI=1S/C17H17ClN6O2.ClH/c1-9-20-16(24-26-9)14(10-2-4-11(18)5-3-10)21-17(25)15-12-8-19-7-6-13(12)22-23-15;/h2-5,14,19H,6-8H2,1H3,(H,21,25)(H,22,23);1H. The molecule has 1 unspecified atom stereocenters. The molecule has 0 fully saturated rings. The molecule has 8 nitrogen and oxygen atoms in total. The lowest BCUT2D eigenvalue weighted by molar-refractivity contribution is 0.0935. The van der Waals surface area contributed by atoms with E-state index >= 15 is 0 Å². The average molecular weight is 409 g/mol. The predicted molar refractivity (Wildman–Crippen MR) is 101 cm³/mol. The quantitative estimate of drug-likeness (QED) is 0.611. The van der Waals surface area contributed by atoms with Crippen LogP contribution in [0.1, 0.15) is 45.1 Å². The fraction of sp³-hybridized carbons (Fsp3) is 0.294. The Morgan fingerprint density at radius 2 is 2.11 bits per heavy atom. The van der Waals surface area contributed by atoms with Gasteiger partial charge in [-0.15, -0.1) is 12.4 Å². The largest absolute Gasteiger partial charge is 0.340 e. The zero-order valence-corrected chi connectivity index (χ0v) is 16.0. The molecule has 0 aliphatic carbocycles. The van der Waals surface area contributed by atoms with Crippen LogP contribution in [0.15, 0.2) is 28.8 Å². The molecule has 1 aliphatic heterocycles. The zero-order chi connectivity index (χ0) is 18.1. The molecule has 0 saturated carbocycles. The Balaban J connectivity index is 0.00000210. The van der Waals surface area contributed by atoms with E-state index in [9.17, 15) is 4.79 Å². The van der Waals surface area contributed by atoms with E-state index in [0.717, 1.165) is 29.8 Å². The van der Waals surface area contributed by atoms with Crippen LogP contribution in [0.3, 0.4) is 0 Å². The lowest BCUT2D eigenvalue weighted by Gasteiger charge is -2.17. The van der Waals surface area contributed by atoms with Crippen molar-refractivity contribution in [2.75, 3.05) is 6.54 Å². The van der Waals surface area contributed by atoms with Crippen LogP contribution in [-0.4, -0.2) is 32.8 Å². The fourth-order valence-corrected chi connectivity index (χ4v) is 3.12. The average Bonchev–Trinajstić information content (AvgIpc) is 3.27. The fourth-order valence-electron chi connectivity index (χ4n) is 3.00. The van der Waals surface area contributed by atoms with Crippen LogP contribution >= 0.6 is 24.0 Å². The number of hydrogen-bond donors (Lipinski definition) is 3. The van der Waals surface area contributed by atoms with Crippen molar-refractivity contribution in [3.63, 3.8) is 0 Å². The number of carbonyl (C=O) groups is 1. The number of nitrogens with zero attached hydrogens (tertiary/aromatic N) is 3. The molecule has 4 rings (SSSR count). The first-order chi connectivity index (χ1) is 12.6. The number of aromatic nitrogens is 4. The van der Waals surface area contributed by atoms with Gasteiger partial charge in [-0.05, 0) is 17.7 Å². The monoisotopic (exact) mass is 408 g/mol. The van der Waals surface area contributed by atoms with E-state index in [0.29, 0.717) is 29.0 Å². The molecule has 0 bridgehead atoms. The Labute approximate surface area is 166 Å². The minimum absolute atomic E-state index is 0. The van der Waals surface area contributed by atoms with Crippen LogP contribution < -0.4 is 10.6 Å². The van der Waals surface area contributed by atoms with Gasteiger partial charge in [0, 0.05) is 42.7 Å². The summed E-state index contributed by atoms with van der Waals surface area (Å²) in [6.07, 6.45) is 0.820. The van der Waals surface area contributed by atoms with Crippen LogP contribution in [0.25, 0.3) is 0 Å². The molecule has 1 aliphatic rings. The van der Waals surface area contributed by atoms with Gasteiger partial charge in [0.05, 0.1) is 0 Å². The van der Waals surface area contributed by atoms with Crippen LogP contribution in [0.2, 0.25) is 5.02 Å². The Bertz CT molecular complexity index is 937. The van der Waals surface area contributed by atoms with Gasteiger partial charge < -0.3 is 15.2 Å². The minimum Gasteiger partial charge on any atom is -0.340 e. The van der Waals surface area contributed by atoms with Crippen LogP contribution in [-0.2, 0) is 13.0 Å². The normalized spacial score (nSPS) is 14.1. The van der Waals surface area contributed by atoms with Gasteiger partial charge in [0.25, 0.3) is 5.91 Å². The number of halogens is 2. The number of benzene rings is 1. The number of amides is 1. The van der Waals surface area contributed by atoms with Crippen LogP contribution in [0, 0.1) is 6.92 Å². The van der Waals surface area contributed by atoms with Crippen molar-refractivity contribution in [1.29, 1.82) is 0 Å². The van der Waals surface area contributed by atoms with Gasteiger partial charge in [0.1, 0.15) is 6.04 Å². The Morgan fingerprint density at radius 1 is 1.33 bits per heavy atom. The lowest BCUT2D eigenvalue weighted by Crippen LogP contribution is -2.32. The molecule has 2 aromatic heterocycles. The Morgan fingerprint density at radius 3 is 2.81 bits per heavy atom. The molecular formula is C17H18Cl2N6O2. The number of aromatic amines is 1.